The van der Waals surface area contributed by atoms with Crippen molar-refractivity contribution >= 4 is 34.9 Å². The molecule has 0 saturated carbocycles. The van der Waals surface area contributed by atoms with E-state index in [1.807, 2.05) is 37.3 Å². The number of rotatable bonds is 6. The van der Waals surface area contributed by atoms with Gasteiger partial charge in [-0.05, 0) is 30.8 Å². The molecule has 1 aromatic carbocycles. The molecule has 0 bridgehead atoms. The molecule has 0 unspecified atom stereocenters. The number of amides is 1. The number of nitrogens with one attached hydrogen (secondary N) is 2. The van der Waals surface area contributed by atoms with Crippen LogP contribution < -0.4 is 10.6 Å². The predicted octanol–water partition coefficient (Wildman–Crippen LogP) is 2.23. The summed E-state index contributed by atoms with van der Waals surface area (Å²) >= 11 is 5.00. The molecule has 0 heterocycles. The molecule has 1 rings (SSSR count). The average Bonchev–Trinajstić information content (AvgIpc) is 2.43. The summed E-state index contributed by atoms with van der Waals surface area (Å²) in [4.78, 5) is 22.8. The maximum absolute atomic E-state index is 11.6. The molecule has 2 N–H and O–H groups in total. The van der Waals surface area contributed by atoms with Crippen LogP contribution in [0.2, 0.25) is 0 Å². The molecule has 1 amide bonds. The van der Waals surface area contributed by atoms with Crippen LogP contribution in [0.25, 0.3) is 0 Å². The second-order valence-corrected chi connectivity index (χ2v) is 4.50. The Bertz CT molecular complexity index is 463. The second-order valence-electron chi connectivity index (χ2n) is 4.09. The van der Waals surface area contributed by atoms with Gasteiger partial charge in [-0.2, -0.15) is 0 Å². The van der Waals surface area contributed by atoms with E-state index < -0.39 is 0 Å². The highest BCUT2D eigenvalue weighted by atomic mass is 32.1. The Morgan fingerprint density at radius 2 is 1.90 bits per heavy atom. The van der Waals surface area contributed by atoms with Crippen LogP contribution in [-0.4, -0.2) is 23.6 Å². The molecule has 0 atom stereocenters. The van der Waals surface area contributed by atoms with E-state index in [4.69, 9.17) is 17.0 Å². The van der Waals surface area contributed by atoms with E-state index >= 15 is 0 Å². The van der Waals surface area contributed by atoms with Crippen molar-refractivity contribution in [2.75, 3.05) is 11.9 Å². The van der Waals surface area contributed by atoms with Gasteiger partial charge in [0.2, 0.25) is 5.91 Å². The van der Waals surface area contributed by atoms with Gasteiger partial charge >= 0.3 is 5.97 Å². The molecule has 0 spiro atoms. The van der Waals surface area contributed by atoms with Gasteiger partial charge in [0.25, 0.3) is 0 Å². The lowest BCUT2D eigenvalue weighted by Gasteiger charge is -2.09. The lowest BCUT2D eigenvalue weighted by Crippen LogP contribution is -2.34. The van der Waals surface area contributed by atoms with Crippen LogP contribution in [0.15, 0.2) is 30.3 Å². The number of thiocarbonyl (C=S) groups is 1. The summed E-state index contributed by atoms with van der Waals surface area (Å²) in [5.41, 5.74) is 0.792. The summed E-state index contributed by atoms with van der Waals surface area (Å²) in [6.07, 6.45) is 0.877. The Labute approximate surface area is 123 Å². The summed E-state index contributed by atoms with van der Waals surface area (Å²) in [6, 6.07) is 9.27. The molecule has 1 aromatic rings. The van der Waals surface area contributed by atoms with E-state index in [2.05, 4.69) is 10.6 Å². The third-order valence-corrected chi connectivity index (χ3v) is 2.51. The monoisotopic (exact) mass is 294 g/mol. The van der Waals surface area contributed by atoms with E-state index in [0.29, 0.717) is 6.61 Å². The van der Waals surface area contributed by atoms with Crippen molar-refractivity contribution in [1.82, 2.24) is 5.32 Å². The SMILES string of the molecule is CCCOC(=O)CCC(=O)NC(=S)Nc1ccccc1. The predicted molar refractivity (Wildman–Crippen MR) is 81.3 cm³/mol. The van der Waals surface area contributed by atoms with Crippen LogP contribution in [0.5, 0.6) is 0 Å². The number of carbonyl (C=O) groups is 2. The highest BCUT2D eigenvalue weighted by Crippen LogP contribution is 2.04. The zero-order chi connectivity index (χ0) is 14.8. The van der Waals surface area contributed by atoms with Crippen LogP contribution in [0, 0.1) is 0 Å². The minimum atomic E-state index is -0.371. The van der Waals surface area contributed by atoms with Gasteiger partial charge in [-0.3, -0.25) is 9.59 Å². The number of ether oxygens (including phenoxy) is 1. The molecule has 6 heteroatoms. The smallest absolute Gasteiger partial charge is 0.306 e. The van der Waals surface area contributed by atoms with Crippen molar-refractivity contribution in [3.8, 4) is 0 Å². The third-order valence-electron chi connectivity index (χ3n) is 2.31. The molecule has 0 aliphatic heterocycles. The van der Waals surface area contributed by atoms with Gasteiger partial charge in [-0.15, -0.1) is 0 Å². The van der Waals surface area contributed by atoms with E-state index in [-0.39, 0.29) is 29.8 Å². The normalized spacial score (nSPS) is 9.65. The van der Waals surface area contributed by atoms with Crippen LogP contribution in [-0.2, 0) is 14.3 Å². The van der Waals surface area contributed by atoms with E-state index in [1.165, 1.54) is 0 Å². The number of anilines is 1. The Morgan fingerprint density at radius 1 is 1.20 bits per heavy atom. The minimum absolute atomic E-state index is 0.0547. The highest BCUT2D eigenvalue weighted by molar-refractivity contribution is 7.80. The third kappa shape index (κ3) is 6.84. The first kappa shape index (κ1) is 16.1. The summed E-state index contributed by atoms with van der Waals surface area (Å²) in [5.74, 6) is -0.684. The molecule has 20 heavy (non-hydrogen) atoms. The van der Waals surface area contributed by atoms with Crippen molar-refractivity contribution in [3.63, 3.8) is 0 Å². The first-order valence-electron chi connectivity index (χ1n) is 6.43. The molecular weight excluding hydrogens is 276 g/mol. The van der Waals surface area contributed by atoms with Crippen molar-refractivity contribution in [2.45, 2.75) is 26.2 Å². The molecule has 0 radical (unpaired) electrons. The van der Waals surface area contributed by atoms with Crippen LogP contribution in [0.1, 0.15) is 26.2 Å². The van der Waals surface area contributed by atoms with Gasteiger partial charge in [0.1, 0.15) is 0 Å². The molecule has 108 valence electrons. The van der Waals surface area contributed by atoms with Crippen LogP contribution in [0.3, 0.4) is 0 Å². The fourth-order valence-corrected chi connectivity index (χ4v) is 1.61. The van der Waals surface area contributed by atoms with Crippen LogP contribution >= 0.6 is 12.2 Å². The van der Waals surface area contributed by atoms with Crippen molar-refractivity contribution in [3.05, 3.63) is 30.3 Å². The van der Waals surface area contributed by atoms with E-state index in [0.717, 1.165) is 12.1 Å². The number of carbonyl (C=O) groups excluding carboxylic acids is 2. The number of para-hydroxylation sites is 1. The van der Waals surface area contributed by atoms with Gasteiger partial charge in [0, 0.05) is 12.1 Å². The molecular formula is C14H18N2O3S. The summed E-state index contributed by atoms with van der Waals surface area (Å²) in [7, 11) is 0. The van der Waals surface area contributed by atoms with Gasteiger partial charge in [-0.1, -0.05) is 25.1 Å². The molecule has 5 nitrogen and oxygen atoms in total. The average molecular weight is 294 g/mol. The Balaban J connectivity index is 2.25. The zero-order valence-electron chi connectivity index (χ0n) is 11.3. The molecule has 0 aliphatic rings. The van der Waals surface area contributed by atoms with E-state index in [1.54, 1.807) is 0 Å². The van der Waals surface area contributed by atoms with Gasteiger partial charge < -0.3 is 15.4 Å². The topological polar surface area (TPSA) is 67.4 Å². The summed E-state index contributed by atoms with van der Waals surface area (Å²) < 4.78 is 4.87. The summed E-state index contributed by atoms with van der Waals surface area (Å²) in [5, 5.41) is 5.60. The Hall–Kier alpha value is -1.95. The fourth-order valence-electron chi connectivity index (χ4n) is 1.38. The summed E-state index contributed by atoms with van der Waals surface area (Å²) in [6.45, 7) is 2.29. The lowest BCUT2D eigenvalue weighted by molar-refractivity contribution is -0.144. The molecule has 0 saturated heterocycles. The Kier molecular flexibility index (Phi) is 7.27. The number of esters is 1. The fraction of sp³-hybridized carbons (Fsp3) is 0.357. The largest absolute Gasteiger partial charge is 0.466 e. The van der Waals surface area contributed by atoms with Gasteiger partial charge in [-0.25, -0.2) is 0 Å². The van der Waals surface area contributed by atoms with Crippen molar-refractivity contribution in [1.29, 1.82) is 0 Å². The number of hydrogen-bond donors (Lipinski definition) is 2. The minimum Gasteiger partial charge on any atom is -0.466 e. The first-order chi connectivity index (χ1) is 9.61. The second kappa shape index (κ2) is 9.03. The van der Waals surface area contributed by atoms with Crippen LogP contribution in [0.4, 0.5) is 5.69 Å². The number of benzene rings is 1. The maximum atomic E-state index is 11.6. The Morgan fingerprint density at radius 3 is 2.55 bits per heavy atom. The maximum Gasteiger partial charge on any atom is 0.306 e. The lowest BCUT2D eigenvalue weighted by atomic mass is 10.3. The standard InChI is InChI=1S/C14H18N2O3S/c1-2-10-19-13(18)9-8-12(17)16-14(20)15-11-6-4-3-5-7-11/h3-7H,2,8-10H2,1H3,(H2,15,16,17,20). The van der Waals surface area contributed by atoms with Gasteiger partial charge in [0.05, 0.1) is 13.0 Å². The zero-order valence-corrected chi connectivity index (χ0v) is 12.2. The molecule has 0 fully saturated rings. The van der Waals surface area contributed by atoms with Crippen molar-refractivity contribution < 1.29 is 14.3 Å². The van der Waals surface area contributed by atoms with Gasteiger partial charge in [0.15, 0.2) is 5.11 Å². The quantitative estimate of drug-likeness (QED) is 0.622. The first-order valence-corrected chi connectivity index (χ1v) is 6.84. The molecule has 0 aromatic heterocycles. The highest BCUT2D eigenvalue weighted by Gasteiger charge is 2.09. The number of hydrogen-bond acceptors (Lipinski definition) is 4. The van der Waals surface area contributed by atoms with Crippen molar-refractivity contribution in [2.24, 2.45) is 0 Å². The van der Waals surface area contributed by atoms with E-state index in [9.17, 15) is 9.59 Å². The molecule has 0 aliphatic carbocycles.